The number of hydrogen-bond donors (Lipinski definition) is 0. The van der Waals surface area contributed by atoms with Gasteiger partial charge in [0.1, 0.15) is 0 Å². The molecule has 0 aliphatic heterocycles. The number of aryl methyl sites for hydroxylation is 1. The molecular formula is C19H22N2O3S. The van der Waals surface area contributed by atoms with Crippen molar-refractivity contribution >= 4 is 22.9 Å². The molecular weight excluding hydrogens is 336 g/mol. The van der Waals surface area contributed by atoms with Crippen molar-refractivity contribution in [2.45, 2.75) is 39.2 Å². The van der Waals surface area contributed by atoms with Crippen LogP contribution in [0, 0.1) is 16.0 Å². The fourth-order valence-electron chi connectivity index (χ4n) is 3.28. The van der Waals surface area contributed by atoms with E-state index in [1.807, 2.05) is 19.1 Å². The quantitative estimate of drug-likeness (QED) is 0.592. The Hall–Kier alpha value is -2.21. The number of nitro groups is 1. The minimum atomic E-state index is -0.410. The van der Waals surface area contributed by atoms with Gasteiger partial charge in [-0.05, 0) is 49.3 Å². The number of nitro benzene ring substituents is 1. The van der Waals surface area contributed by atoms with E-state index < -0.39 is 4.92 Å². The molecule has 1 aliphatic carbocycles. The van der Waals surface area contributed by atoms with Gasteiger partial charge >= 0.3 is 0 Å². The Morgan fingerprint density at radius 2 is 2.16 bits per heavy atom. The molecule has 0 saturated heterocycles. The van der Waals surface area contributed by atoms with Crippen LogP contribution in [0.2, 0.25) is 0 Å². The van der Waals surface area contributed by atoms with Crippen LogP contribution in [0.4, 0.5) is 5.69 Å². The molecule has 0 N–H and O–H groups in total. The van der Waals surface area contributed by atoms with Crippen LogP contribution in [-0.4, -0.2) is 22.8 Å². The van der Waals surface area contributed by atoms with Crippen LogP contribution in [0.5, 0.6) is 0 Å². The van der Waals surface area contributed by atoms with E-state index in [-0.39, 0.29) is 17.6 Å². The molecule has 0 spiro atoms. The molecule has 2 atom stereocenters. The van der Waals surface area contributed by atoms with E-state index in [4.69, 9.17) is 0 Å². The van der Waals surface area contributed by atoms with Gasteiger partial charge in [0, 0.05) is 24.1 Å². The third-order valence-corrected chi connectivity index (χ3v) is 6.23. The summed E-state index contributed by atoms with van der Waals surface area (Å²) in [5, 5.41) is 11.0. The van der Waals surface area contributed by atoms with Gasteiger partial charge in [-0.25, -0.2) is 0 Å². The fourth-order valence-corrected chi connectivity index (χ4v) is 4.47. The van der Waals surface area contributed by atoms with Gasteiger partial charge < -0.3 is 4.90 Å². The molecule has 0 saturated carbocycles. The Kier molecular flexibility index (Phi) is 4.90. The number of amides is 1. The summed E-state index contributed by atoms with van der Waals surface area (Å²) in [6, 6.07) is 8.29. The number of non-ortho nitro benzene ring substituents is 1. The van der Waals surface area contributed by atoms with Gasteiger partial charge in [-0.2, -0.15) is 0 Å². The molecule has 25 heavy (non-hydrogen) atoms. The third-order valence-electron chi connectivity index (χ3n) is 5.00. The van der Waals surface area contributed by atoms with Gasteiger partial charge in [0.15, 0.2) is 0 Å². The van der Waals surface area contributed by atoms with Crippen molar-refractivity contribution in [2.24, 2.45) is 5.92 Å². The predicted octanol–water partition coefficient (Wildman–Crippen LogP) is 4.61. The van der Waals surface area contributed by atoms with Crippen molar-refractivity contribution in [1.29, 1.82) is 0 Å². The van der Waals surface area contributed by atoms with Crippen molar-refractivity contribution in [3.8, 4) is 0 Å². The summed E-state index contributed by atoms with van der Waals surface area (Å²) in [6.45, 7) is 4.14. The largest absolute Gasteiger partial charge is 0.334 e. The Balaban J connectivity index is 1.80. The van der Waals surface area contributed by atoms with Crippen molar-refractivity contribution in [2.75, 3.05) is 7.05 Å². The maximum absolute atomic E-state index is 12.9. The summed E-state index contributed by atoms with van der Waals surface area (Å²) < 4.78 is 0. The third kappa shape index (κ3) is 3.58. The second-order valence-corrected chi connectivity index (χ2v) is 7.99. The van der Waals surface area contributed by atoms with Crippen LogP contribution in [-0.2, 0) is 12.8 Å². The molecule has 0 radical (unpaired) electrons. The SMILES string of the molecule is C[C@@H]1CCc2sc(C(=O)N(C)[C@@H](C)c3cccc([N+](=O)[O-])c3)cc2C1. The highest BCUT2D eigenvalue weighted by Crippen LogP contribution is 2.33. The monoisotopic (exact) mass is 358 g/mol. The zero-order chi connectivity index (χ0) is 18.1. The van der Waals surface area contributed by atoms with E-state index in [0.717, 1.165) is 23.3 Å². The molecule has 0 unspecified atom stereocenters. The highest BCUT2D eigenvalue weighted by atomic mass is 32.1. The number of nitrogens with zero attached hydrogens (tertiary/aromatic N) is 2. The maximum atomic E-state index is 12.9. The highest BCUT2D eigenvalue weighted by molar-refractivity contribution is 7.14. The van der Waals surface area contributed by atoms with Gasteiger partial charge in [0.25, 0.3) is 11.6 Å². The lowest BCUT2D eigenvalue weighted by Gasteiger charge is -2.24. The molecule has 3 rings (SSSR count). The number of rotatable bonds is 4. The first-order chi connectivity index (χ1) is 11.9. The molecule has 1 aromatic heterocycles. The number of thiophene rings is 1. The maximum Gasteiger partial charge on any atom is 0.269 e. The van der Waals surface area contributed by atoms with Gasteiger partial charge in [0.05, 0.1) is 15.8 Å². The zero-order valence-electron chi connectivity index (χ0n) is 14.7. The summed E-state index contributed by atoms with van der Waals surface area (Å²) >= 11 is 1.60. The Morgan fingerprint density at radius 1 is 1.40 bits per heavy atom. The van der Waals surface area contributed by atoms with Crippen LogP contribution in [0.1, 0.15) is 52.0 Å². The second kappa shape index (κ2) is 6.96. The highest BCUT2D eigenvalue weighted by Gasteiger charge is 2.25. The van der Waals surface area contributed by atoms with Crippen molar-refractivity contribution < 1.29 is 9.72 Å². The van der Waals surface area contributed by atoms with Crippen LogP contribution in [0.25, 0.3) is 0 Å². The lowest BCUT2D eigenvalue weighted by atomic mass is 9.90. The lowest BCUT2D eigenvalue weighted by molar-refractivity contribution is -0.384. The van der Waals surface area contributed by atoms with E-state index in [0.29, 0.717) is 5.92 Å². The average molecular weight is 358 g/mol. The molecule has 5 nitrogen and oxygen atoms in total. The standard InChI is InChI=1S/C19H22N2O3S/c1-12-7-8-17-15(9-12)11-18(25-17)19(22)20(3)13(2)14-5-4-6-16(10-14)21(23)24/h4-6,10-13H,7-9H2,1-3H3/t12-,13+/m1/s1. The van der Waals surface area contributed by atoms with Crippen LogP contribution in [0.15, 0.2) is 30.3 Å². The normalized spacial score (nSPS) is 17.6. The molecule has 1 aliphatic rings. The number of fused-ring (bicyclic) bond motifs is 1. The number of carbonyl (C=O) groups is 1. The summed E-state index contributed by atoms with van der Waals surface area (Å²) in [5.74, 6) is 0.651. The zero-order valence-corrected chi connectivity index (χ0v) is 15.5. The molecule has 6 heteroatoms. The van der Waals surface area contributed by atoms with Gasteiger partial charge in [-0.15, -0.1) is 11.3 Å². The van der Waals surface area contributed by atoms with Gasteiger partial charge in [-0.3, -0.25) is 14.9 Å². The topological polar surface area (TPSA) is 63.5 Å². The predicted molar refractivity (Wildman–Crippen MR) is 99.1 cm³/mol. The first-order valence-electron chi connectivity index (χ1n) is 8.50. The Morgan fingerprint density at radius 3 is 2.88 bits per heavy atom. The molecule has 0 bridgehead atoms. The summed E-state index contributed by atoms with van der Waals surface area (Å²) in [5.41, 5.74) is 2.12. The number of benzene rings is 1. The summed E-state index contributed by atoms with van der Waals surface area (Å²) in [6.07, 6.45) is 3.28. The van der Waals surface area contributed by atoms with E-state index in [1.165, 1.54) is 29.0 Å². The number of carbonyl (C=O) groups excluding carboxylic acids is 1. The molecule has 2 aromatic rings. The Labute approximate surface area is 151 Å². The minimum Gasteiger partial charge on any atom is -0.334 e. The average Bonchev–Trinajstić information content (AvgIpc) is 3.02. The lowest BCUT2D eigenvalue weighted by Crippen LogP contribution is -2.29. The molecule has 0 fully saturated rings. The van der Waals surface area contributed by atoms with E-state index in [1.54, 1.807) is 29.4 Å². The first-order valence-corrected chi connectivity index (χ1v) is 9.31. The molecule has 1 heterocycles. The molecule has 1 amide bonds. The van der Waals surface area contributed by atoms with Gasteiger partial charge in [0.2, 0.25) is 0 Å². The summed E-state index contributed by atoms with van der Waals surface area (Å²) in [4.78, 5) is 27.2. The Bertz CT molecular complexity index is 815. The fraction of sp³-hybridized carbons (Fsp3) is 0.421. The first kappa shape index (κ1) is 17.6. The van der Waals surface area contributed by atoms with Gasteiger partial charge in [-0.1, -0.05) is 19.1 Å². The molecule has 1 aromatic carbocycles. The number of hydrogen-bond acceptors (Lipinski definition) is 4. The van der Waals surface area contributed by atoms with E-state index >= 15 is 0 Å². The minimum absolute atomic E-state index is 0.0222. The summed E-state index contributed by atoms with van der Waals surface area (Å²) in [7, 11) is 1.76. The van der Waals surface area contributed by atoms with Crippen LogP contribution in [0.3, 0.4) is 0 Å². The van der Waals surface area contributed by atoms with Crippen molar-refractivity contribution in [3.05, 3.63) is 61.3 Å². The van der Waals surface area contributed by atoms with Crippen LogP contribution < -0.4 is 0 Å². The van der Waals surface area contributed by atoms with E-state index in [9.17, 15) is 14.9 Å². The van der Waals surface area contributed by atoms with Crippen molar-refractivity contribution in [3.63, 3.8) is 0 Å². The van der Waals surface area contributed by atoms with E-state index in [2.05, 4.69) is 6.92 Å². The smallest absolute Gasteiger partial charge is 0.269 e. The second-order valence-electron chi connectivity index (χ2n) is 6.85. The van der Waals surface area contributed by atoms with Crippen LogP contribution >= 0.6 is 11.3 Å². The van der Waals surface area contributed by atoms with Crippen molar-refractivity contribution in [1.82, 2.24) is 4.90 Å². The molecule has 132 valence electrons.